The van der Waals surface area contributed by atoms with Crippen LogP contribution in [0.15, 0.2) is 18.2 Å². The van der Waals surface area contributed by atoms with Gasteiger partial charge in [0.25, 0.3) is 0 Å². The SMILES string of the molecule is COc1ccc(N)cc1CSC(C)(C)C. The minimum atomic E-state index is 0.260. The molecule has 1 rings (SSSR count). The summed E-state index contributed by atoms with van der Waals surface area (Å²) in [5, 5.41) is 0. The number of benzene rings is 1. The third kappa shape index (κ3) is 4.04. The van der Waals surface area contributed by atoms with Crippen molar-refractivity contribution in [2.75, 3.05) is 12.8 Å². The van der Waals surface area contributed by atoms with Gasteiger partial charge in [-0.1, -0.05) is 20.8 Å². The molecule has 0 radical (unpaired) electrons. The van der Waals surface area contributed by atoms with Gasteiger partial charge in [0.2, 0.25) is 0 Å². The minimum absolute atomic E-state index is 0.260. The van der Waals surface area contributed by atoms with E-state index >= 15 is 0 Å². The topological polar surface area (TPSA) is 35.2 Å². The lowest BCUT2D eigenvalue weighted by Crippen LogP contribution is -2.08. The van der Waals surface area contributed by atoms with Gasteiger partial charge < -0.3 is 10.5 Å². The van der Waals surface area contributed by atoms with E-state index in [1.165, 1.54) is 0 Å². The van der Waals surface area contributed by atoms with Crippen LogP contribution in [0.25, 0.3) is 0 Å². The molecule has 0 aromatic heterocycles. The number of anilines is 1. The summed E-state index contributed by atoms with van der Waals surface area (Å²) in [6.07, 6.45) is 0. The van der Waals surface area contributed by atoms with Crippen molar-refractivity contribution in [3.63, 3.8) is 0 Å². The Morgan fingerprint density at radius 2 is 2.00 bits per heavy atom. The monoisotopic (exact) mass is 225 g/mol. The Bertz CT molecular complexity index is 331. The second-order valence-electron chi connectivity index (χ2n) is 4.47. The van der Waals surface area contributed by atoms with Crippen LogP contribution < -0.4 is 10.5 Å². The molecule has 2 nitrogen and oxygen atoms in total. The summed E-state index contributed by atoms with van der Waals surface area (Å²) < 4.78 is 5.56. The predicted molar refractivity (Wildman–Crippen MR) is 68.5 cm³/mol. The van der Waals surface area contributed by atoms with Crippen LogP contribution in [0.3, 0.4) is 0 Å². The van der Waals surface area contributed by atoms with E-state index in [0.717, 1.165) is 22.8 Å². The van der Waals surface area contributed by atoms with E-state index in [-0.39, 0.29) is 4.75 Å². The molecule has 3 heteroatoms. The van der Waals surface area contributed by atoms with Gasteiger partial charge in [0, 0.05) is 21.8 Å². The Kier molecular flexibility index (Phi) is 3.91. The summed E-state index contributed by atoms with van der Waals surface area (Å²) in [5.41, 5.74) is 7.71. The van der Waals surface area contributed by atoms with Crippen molar-refractivity contribution in [3.8, 4) is 5.75 Å². The van der Waals surface area contributed by atoms with Crippen molar-refractivity contribution in [3.05, 3.63) is 23.8 Å². The van der Waals surface area contributed by atoms with Crippen LogP contribution in [-0.2, 0) is 5.75 Å². The van der Waals surface area contributed by atoms with E-state index in [0.29, 0.717) is 0 Å². The van der Waals surface area contributed by atoms with Crippen LogP contribution in [0.5, 0.6) is 5.75 Å². The van der Waals surface area contributed by atoms with Gasteiger partial charge in [0.15, 0.2) is 0 Å². The van der Waals surface area contributed by atoms with E-state index in [2.05, 4.69) is 20.8 Å². The lowest BCUT2D eigenvalue weighted by molar-refractivity contribution is 0.411. The fourth-order valence-electron chi connectivity index (χ4n) is 1.21. The van der Waals surface area contributed by atoms with Gasteiger partial charge in [0.05, 0.1) is 7.11 Å². The van der Waals surface area contributed by atoms with Gasteiger partial charge >= 0.3 is 0 Å². The molecule has 0 spiro atoms. The van der Waals surface area contributed by atoms with Gasteiger partial charge in [-0.3, -0.25) is 0 Å². The normalized spacial score (nSPS) is 11.5. The maximum atomic E-state index is 5.76. The van der Waals surface area contributed by atoms with Crippen molar-refractivity contribution in [1.29, 1.82) is 0 Å². The number of hydrogen-bond acceptors (Lipinski definition) is 3. The average molecular weight is 225 g/mol. The van der Waals surface area contributed by atoms with Crippen molar-refractivity contribution in [2.45, 2.75) is 31.3 Å². The fraction of sp³-hybridized carbons (Fsp3) is 0.500. The molecular formula is C12H19NOS. The van der Waals surface area contributed by atoms with Crippen LogP contribution in [0, 0.1) is 0 Å². The van der Waals surface area contributed by atoms with Gasteiger partial charge in [0.1, 0.15) is 5.75 Å². The number of nitrogen functional groups attached to an aromatic ring is 1. The molecule has 1 aromatic carbocycles. The predicted octanol–water partition coefficient (Wildman–Crippen LogP) is 3.31. The van der Waals surface area contributed by atoms with Crippen molar-refractivity contribution >= 4 is 17.4 Å². The quantitative estimate of drug-likeness (QED) is 0.802. The summed E-state index contributed by atoms with van der Waals surface area (Å²) in [6.45, 7) is 6.61. The van der Waals surface area contributed by atoms with Gasteiger partial charge in [-0.2, -0.15) is 11.8 Å². The zero-order chi connectivity index (χ0) is 11.5. The molecule has 0 fully saturated rings. The highest BCUT2D eigenvalue weighted by Gasteiger charge is 2.12. The summed E-state index contributed by atoms with van der Waals surface area (Å²) in [6, 6.07) is 5.77. The molecule has 15 heavy (non-hydrogen) atoms. The molecule has 0 saturated carbocycles. The Labute approximate surface area is 96.2 Å². The molecular weight excluding hydrogens is 206 g/mol. The number of nitrogens with two attached hydrogens (primary N) is 1. The van der Waals surface area contributed by atoms with E-state index in [4.69, 9.17) is 10.5 Å². The molecule has 0 atom stereocenters. The number of methoxy groups -OCH3 is 1. The lowest BCUT2D eigenvalue weighted by atomic mass is 10.2. The van der Waals surface area contributed by atoms with Crippen LogP contribution in [-0.4, -0.2) is 11.9 Å². The Hall–Kier alpha value is -0.830. The Morgan fingerprint density at radius 1 is 1.33 bits per heavy atom. The zero-order valence-electron chi connectivity index (χ0n) is 9.83. The van der Waals surface area contributed by atoms with E-state index in [1.54, 1.807) is 7.11 Å². The molecule has 0 unspecified atom stereocenters. The first-order valence-corrected chi connectivity index (χ1v) is 5.97. The molecule has 0 aliphatic carbocycles. The van der Waals surface area contributed by atoms with Crippen molar-refractivity contribution < 1.29 is 4.74 Å². The average Bonchev–Trinajstić information content (AvgIpc) is 2.14. The molecule has 0 aliphatic rings. The first-order chi connectivity index (χ1) is 6.92. The Balaban J connectivity index is 2.79. The molecule has 2 N–H and O–H groups in total. The van der Waals surface area contributed by atoms with Gasteiger partial charge in [-0.25, -0.2) is 0 Å². The number of thioether (sulfide) groups is 1. The lowest BCUT2D eigenvalue weighted by Gasteiger charge is -2.18. The Morgan fingerprint density at radius 3 is 2.53 bits per heavy atom. The van der Waals surface area contributed by atoms with E-state index in [9.17, 15) is 0 Å². The molecule has 0 saturated heterocycles. The van der Waals surface area contributed by atoms with Gasteiger partial charge in [-0.05, 0) is 18.2 Å². The molecule has 0 aliphatic heterocycles. The van der Waals surface area contributed by atoms with Crippen LogP contribution in [0.2, 0.25) is 0 Å². The number of ether oxygens (including phenoxy) is 1. The van der Waals surface area contributed by atoms with Crippen molar-refractivity contribution in [2.24, 2.45) is 0 Å². The highest BCUT2D eigenvalue weighted by Crippen LogP contribution is 2.31. The summed E-state index contributed by atoms with van der Waals surface area (Å²) in [7, 11) is 1.69. The highest BCUT2D eigenvalue weighted by atomic mass is 32.2. The smallest absolute Gasteiger partial charge is 0.123 e. The second kappa shape index (κ2) is 4.79. The summed E-state index contributed by atoms with van der Waals surface area (Å²) in [5.74, 6) is 1.85. The highest BCUT2D eigenvalue weighted by molar-refractivity contribution is 7.99. The number of rotatable bonds is 3. The molecule has 84 valence electrons. The second-order valence-corrected chi connectivity index (χ2v) is 6.27. The fourth-order valence-corrected chi connectivity index (χ4v) is 2.02. The van der Waals surface area contributed by atoms with Crippen LogP contribution in [0.4, 0.5) is 5.69 Å². The first kappa shape index (κ1) is 12.2. The molecule has 0 heterocycles. The van der Waals surface area contributed by atoms with E-state index in [1.807, 2.05) is 30.0 Å². The minimum Gasteiger partial charge on any atom is -0.496 e. The first-order valence-electron chi connectivity index (χ1n) is 4.99. The molecule has 0 amide bonds. The van der Waals surface area contributed by atoms with Crippen LogP contribution in [0.1, 0.15) is 26.3 Å². The van der Waals surface area contributed by atoms with Crippen LogP contribution >= 0.6 is 11.8 Å². The molecule has 0 bridgehead atoms. The third-order valence-electron chi connectivity index (χ3n) is 1.97. The van der Waals surface area contributed by atoms with E-state index < -0.39 is 0 Å². The van der Waals surface area contributed by atoms with Crippen molar-refractivity contribution in [1.82, 2.24) is 0 Å². The molecule has 1 aromatic rings. The largest absolute Gasteiger partial charge is 0.496 e. The van der Waals surface area contributed by atoms with Gasteiger partial charge in [-0.15, -0.1) is 0 Å². The summed E-state index contributed by atoms with van der Waals surface area (Å²) >= 11 is 1.89. The number of hydrogen-bond donors (Lipinski definition) is 1. The maximum Gasteiger partial charge on any atom is 0.123 e. The maximum absolute atomic E-state index is 5.76. The standard InChI is InChI=1S/C12H19NOS/c1-12(2,3)15-8-9-7-10(13)5-6-11(9)14-4/h5-7H,8,13H2,1-4H3. The summed E-state index contributed by atoms with van der Waals surface area (Å²) in [4.78, 5) is 0. The third-order valence-corrected chi connectivity index (χ3v) is 3.29. The zero-order valence-corrected chi connectivity index (χ0v) is 10.6.